The molecule has 0 bridgehead atoms. The summed E-state index contributed by atoms with van der Waals surface area (Å²) in [7, 11) is -2.32. The second kappa shape index (κ2) is 10.0. The van der Waals surface area contributed by atoms with Crippen molar-refractivity contribution in [1.29, 1.82) is 0 Å². The number of pyridine rings is 1. The zero-order valence-corrected chi connectivity index (χ0v) is 21.7. The Morgan fingerprint density at radius 3 is 2.49 bits per heavy atom. The van der Waals surface area contributed by atoms with E-state index in [-0.39, 0.29) is 22.8 Å². The number of carbonyl (C=O) groups excluding carboxylic acids is 1. The molecule has 3 rings (SSSR count). The summed E-state index contributed by atoms with van der Waals surface area (Å²) >= 11 is 6.54. The molecule has 35 heavy (non-hydrogen) atoms. The van der Waals surface area contributed by atoms with Crippen LogP contribution in [0.3, 0.4) is 0 Å². The highest BCUT2D eigenvalue weighted by Gasteiger charge is 2.24. The average Bonchev–Trinajstić information content (AvgIpc) is 3.19. The SMILES string of the molecule is COC(=O)NC(C)(C)Nc1nccc(-c2cn(C(C)C)nc2-c2ccnc(NS(C)(=O)=O)c2Cl)n1. The van der Waals surface area contributed by atoms with E-state index < -0.39 is 21.8 Å². The fourth-order valence-corrected chi connectivity index (χ4v) is 3.91. The molecule has 188 valence electrons. The number of hydrogen-bond acceptors (Lipinski definition) is 9. The molecule has 0 spiro atoms. The zero-order chi connectivity index (χ0) is 26.0. The molecule has 0 unspecified atom stereocenters. The fourth-order valence-electron chi connectivity index (χ4n) is 3.10. The van der Waals surface area contributed by atoms with E-state index in [1.54, 1.807) is 36.9 Å². The minimum atomic E-state index is -3.59. The van der Waals surface area contributed by atoms with E-state index in [1.165, 1.54) is 13.3 Å². The van der Waals surface area contributed by atoms with Gasteiger partial charge in [0.25, 0.3) is 0 Å². The Labute approximate surface area is 208 Å². The topological polar surface area (TPSA) is 153 Å². The van der Waals surface area contributed by atoms with E-state index in [0.717, 1.165) is 6.26 Å². The molecule has 3 aromatic heterocycles. The number of nitrogens with one attached hydrogen (secondary N) is 3. The van der Waals surface area contributed by atoms with Gasteiger partial charge < -0.3 is 10.1 Å². The highest BCUT2D eigenvalue weighted by atomic mass is 35.5. The standard InChI is InChI=1S/C21H27ClN8O4S/c1-12(2)30-11-14(15-8-10-24-19(25-15)26-21(3,4)27-20(31)34-5)17(28-30)13-7-9-23-18(16(13)22)29-35(6,32)33/h7-12H,1-6H3,(H,23,29)(H,27,31)(H,24,25,26). The largest absolute Gasteiger partial charge is 0.453 e. The number of hydrogen-bond donors (Lipinski definition) is 3. The quantitative estimate of drug-likeness (QED) is 0.377. The first-order chi connectivity index (χ1) is 16.3. The van der Waals surface area contributed by atoms with Crippen LogP contribution in [-0.4, -0.2) is 58.3 Å². The molecule has 0 atom stereocenters. The molecular weight excluding hydrogens is 496 g/mol. The summed E-state index contributed by atoms with van der Waals surface area (Å²) < 4.78 is 32.2. The molecule has 0 radical (unpaired) electrons. The van der Waals surface area contributed by atoms with Gasteiger partial charge in [-0.25, -0.2) is 28.2 Å². The Bertz CT molecular complexity index is 1340. The summed E-state index contributed by atoms with van der Waals surface area (Å²) in [6, 6.07) is 3.39. The second-order valence-corrected chi connectivity index (χ2v) is 10.6. The lowest BCUT2D eigenvalue weighted by Gasteiger charge is -2.26. The molecular formula is C21H27ClN8O4S. The van der Waals surface area contributed by atoms with E-state index in [1.807, 2.05) is 20.0 Å². The third kappa shape index (κ3) is 6.57. The van der Waals surface area contributed by atoms with Crippen molar-refractivity contribution in [1.82, 2.24) is 30.0 Å². The zero-order valence-electron chi connectivity index (χ0n) is 20.1. The summed E-state index contributed by atoms with van der Waals surface area (Å²) in [6.07, 6.45) is 5.25. The number of sulfonamides is 1. The van der Waals surface area contributed by atoms with Crippen molar-refractivity contribution in [3.05, 3.63) is 35.7 Å². The maximum Gasteiger partial charge on any atom is 0.408 e. The van der Waals surface area contributed by atoms with Crippen LogP contribution in [0.1, 0.15) is 33.7 Å². The van der Waals surface area contributed by atoms with E-state index in [2.05, 4.69) is 40.1 Å². The lowest BCUT2D eigenvalue weighted by Crippen LogP contribution is -2.49. The summed E-state index contributed by atoms with van der Waals surface area (Å²) in [6.45, 7) is 7.41. The molecule has 0 aliphatic carbocycles. The third-order valence-corrected chi connectivity index (χ3v) is 5.59. The molecule has 3 heterocycles. The maximum atomic E-state index is 11.7. The normalized spacial score (nSPS) is 11.9. The van der Waals surface area contributed by atoms with Gasteiger partial charge in [0.1, 0.15) is 11.4 Å². The van der Waals surface area contributed by atoms with Crippen molar-refractivity contribution < 1.29 is 17.9 Å². The predicted octanol–water partition coefficient (Wildman–Crippen LogP) is 3.51. The Hall–Kier alpha value is -3.45. The highest BCUT2D eigenvalue weighted by Crippen LogP contribution is 2.37. The van der Waals surface area contributed by atoms with Gasteiger partial charge in [0.15, 0.2) is 5.82 Å². The van der Waals surface area contributed by atoms with Crippen LogP contribution in [0.5, 0.6) is 0 Å². The summed E-state index contributed by atoms with van der Waals surface area (Å²) in [5.74, 6) is 0.254. The van der Waals surface area contributed by atoms with Gasteiger partial charge in [-0.2, -0.15) is 5.10 Å². The maximum absolute atomic E-state index is 11.7. The average molecular weight is 523 g/mol. The first-order valence-corrected chi connectivity index (χ1v) is 12.8. The number of ether oxygens (including phenoxy) is 1. The van der Waals surface area contributed by atoms with E-state index >= 15 is 0 Å². The van der Waals surface area contributed by atoms with Crippen LogP contribution in [0.25, 0.3) is 22.5 Å². The third-order valence-electron chi connectivity index (χ3n) is 4.64. The molecule has 1 amide bonds. The van der Waals surface area contributed by atoms with Gasteiger partial charge in [-0.1, -0.05) is 11.6 Å². The van der Waals surface area contributed by atoms with Crippen LogP contribution >= 0.6 is 11.6 Å². The molecule has 3 aromatic rings. The molecule has 0 fully saturated rings. The predicted molar refractivity (Wildman–Crippen MR) is 134 cm³/mol. The molecule has 0 aliphatic rings. The lowest BCUT2D eigenvalue weighted by molar-refractivity contribution is 0.162. The van der Waals surface area contributed by atoms with Gasteiger partial charge in [-0.05, 0) is 39.8 Å². The highest BCUT2D eigenvalue weighted by molar-refractivity contribution is 7.92. The minimum Gasteiger partial charge on any atom is -0.453 e. The van der Waals surface area contributed by atoms with Crippen LogP contribution in [0.15, 0.2) is 30.7 Å². The number of amides is 1. The van der Waals surface area contributed by atoms with Crippen LogP contribution in [-0.2, 0) is 14.8 Å². The molecule has 12 nitrogen and oxygen atoms in total. The Morgan fingerprint density at radius 2 is 1.86 bits per heavy atom. The molecule has 14 heteroatoms. The number of nitrogens with zero attached hydrogens (tertiary/aromatic N) is 5. The van der Waals surface area contributed by atoms with Gasteiger partial charge in [0.05, 0.1) is 24.1 Å². The smallest absolute Gasteiger partial charge is 0.408 e. The lowest BCUT2D eigenvalue weighted by atomic mass is 10.1. The van der Waals surface area contributed by atoms with Crippen molar-refractivity contribution in [2.75, 3.05) is 23.4 Å². The Kier molecular flexibility index (Phi) is 7.50. The fraction of sp³-hybridized carbons (Fsp3) is 0.381. The van der Waals surface area contributed by atoms with Crippen molar-refractivity contribution >= 4 is 39.5 Å². The number of methoxy groups -OCH3 is 1. The number of halogens is 1. The number of aromatic nitrogens is 5. The first kappa shape index (κ1) is 26.2. The number of alkyl carbamates (subject to hydrolysis) is 1. The van der Waals surface area contributed by atoms with Gasteiger partial charge in [-0.15, -0.1) is 0 Å². The number of rotatable bonds is 8. The van der Waals surface area contributed by atoms with Crippen LogP contribution < -0.4 is 15.4 Å². The summed E-state index contributed by atoms with van der Waals surface area (Å²) in [4.78, 5) is 24.5. The van der Waals surface area contributed by atoms with Gasteiger partial charge in [0.2, 0.25) is 16.0 Å². The van der Waals surface area contributed by atoms with Gasteiger partial charge in [-0.3, -0.25) is 14.7 Å². The van der Waals surface area contributed by atoms with E-state index in [9.17, 15) is 13.2 Å². The molecule has 0 aliphatic heterocycles. The van der Waals surface area contributed by atoms with Crippen molar-refractivity contribution in [3.8, 4) is 22.5 Å². The van der Waals surface area contributed by atoms with E-state index in [4.69, 9.17) is 11.6 Å². The molecule has 3 N–H and O–H groups in total. The van der Waals surface area contributed by atoms with Gasteiger partial charge >= 0.3 is 6.09 Å². The summed E-state index contributed by atoms with van der Waals surface area (Å²) in [5.41, 5.74) is 1.23. The van der Waals surface area contributed by atoms with Crippen molar-refractivity contribution in [2.45, 2.75) is 39.4 Å². The van der Waals surface area contributed by atoms with Crippen molar-refractivity contribution in [2.24, 2.45) is 0 Å². The van der Waals surface area contributed by atoms with Crippen LogP contribution in [0, 0.1) is 0 Å². The number of anilines is 2. The monoisotopic (exact) mass is 522 g/mol. The minimum absolute atomic E-state index is 0.00242. The van der Waals surface area contributed by atoms with Crippen molar-refractivity contribution in [3.63, 3.8) is 0 Å². The van der Waals surface area contributed by atoms with Crippen LogP contribution in [0.4, 0.5) is 16.6 Å². The second-order valence-electron chi connectivity index (χ2n) is 8.49. The molecule has 0 aromatic carbocycles. The first-order valence-electron chi connectivity index (χ1n) is 10.5. The Balaban J connectivity index is 2.08. The van der Waals surface area contributed by atoms with Crippen LogP contribution in [0.2, 0.25) is 5.02 Å². The molecule has 0 saturated carbocycles. The Morgan fingerprint density at radius 1 is 1.17 bits per heavy atom. The van der Waals surface area contributed by atoms with E-state index in [0.29, 0.717) is 22.5 Å². The van der Waals surface area contributed by atoms with Gasteiger partial charge in [0, 0.05) is 35.8 Å². The number of carbonyl (C=O) groups is 1. The molecule has 0 saturated heterocycles. The summed E-state index contributed by atoms with van der Waals surface area (Å²) in [5, 5.41) is 10.5.